The van der Waals surface area contributed by atoms with Gasteiger partial charge >= 0.3 is 0 Å². The van der Waals surface area contributed by atoms with Gasteiger partial charge in [-0.1, -0.05) is 25.9 Å². The molecule has 5 nitrogen and oxygen atoms in total. The largest absolute Gasteiger partial charge is 0.411 e. The smallest absolute Gasteiger partial charge is 0.242 e. The maximum Gasteiger partial charge on any atom is 0.242 e. The standard InChI is InChI=1S/C8H13ClN4O/c1-8(2,3)6(12-14)4-13-5-10-7(9)11-13/h5,14H,4H2,1-3H3. The molecule has 0 bridgehead atoms. The zero-order chi connectivity index (χ0) is 10.8. The second-order valence-corrected chi connectivity index (χ2v) is 4.35. The van der Waals surface area contributed by atoms with Crippen LogP contribution in [0.25, 0.3) is 0 Å². The fourth-order valence-electron chi connectivity index (χ4n) is 0.920. The SMILES string of the molecule is CC(C)(C)C(Cn1cnc(Cl)n1)=NO. The molecule has 0 saturated carbocycles. The fraction of sp³-hybridized carbons (Fsp3) is 0.625. The number of nitrogens with zero attached hydrogens (tertiary/aromatic N) is 4. The lowest BCUT2D eigenvalue weighted by Gasteiger charge is -2.19. The maximum atomic E-state index is 8.82. The third kappa shape index (κ3) is 2.70. The number of aromatic nitrogens is 3. The van der Waals surface area contributed by atoms with Gasteiger partial charge in [0, 0.05) is 5.41 Å². The molecule has 0 fully saturated rings. The van der Waals surface area contributed by atoms with Crippen LogP contribution in [-0.2, 0) is 6.54 Å². The Kier molecular flexibility index (Phi) is 3.10. The number of rotatable bonds is 2. The summed E-state index contributed by atoms with van der Waals surface area (Å²) in [5, 5.41) is 16.2. The minimum absolute atomic E-state index is 0.191. The molecule has 6 heteroatoms. The van der Waals surface area contributed by atoms with E-state index in [0.29, 0.717) is 12.3 Å². The van der Waals surface area contributed by atoms with Crippen molar-refractivity contribution in [1.29, 1.82) is 0 Å². The summed E-state index contributed by atoms with van der Waals surface area (Å²) in [5.74, 6) is 0. The summed E-state index contributed by atoms with van der Waals surface area (Å²) >= 11 is 5.56. The highest BCUT2D eigenvalue weighted by Gasteiger charge is 2.20. The van der Waals surface area contributed by atoms with E-state index >= 15 is 0 Å². The zero-order valence-electron chi connectivity index (χ0n) is 8.40. The molecule has 1 aromatic rings. The first-order chi connectivity index (χ1) is 6.43. The van der Waals surface area contributed by atoms with Crippen LogP contribution < -0.4 is 0 Å². The minimum atomic E-state index is -0.201. The van der Waals surface area contributed by atoms with Crippen LogP contribution >= 0.6 is 11.6 Å². The van der Waals surface area contributed by atoms with Crippen molar-refractivity contribution in [3.05, 3.63) is 11.6 Å². The molecule has 0 amide bonds. The number of oxime groups is 1. The Balaban J connectivity index is 2.77. The Morgan fingerprint density at radius 2 is 2.29 bits per heavy atom. The molecule has 0 aliphatic carbocycles. The van der Waals surface area contributed by atoms with Crippen LogP contribution in [0.5, 0.6) is 0 Å². The fourth-order valence-corrected chi connectivity index (χ4v) is 1.06. The first-order valence-corrected chi connectivity index (χ1v) is 4.57. The second kappa shape index (κ2) is 3.96. The third-order valence-electron chi connectivity index (χ3n) is 1.81. The van der Waals surface area contributed by atoms with Gasteiger partial charge in [0.1, 0.15) is 6.33 Å². The molecule has 14 heavy (non-hydrogen) atoms. The van der Waals surface area contributed by atoms with Gasteiger partial charge in [-0.25, -0.2) is 9.67 Å². The van der Waals surface area contributed by atoms with E-state index in [1.165, 1.54) is 11.0 Å². The Bertz CT molecular complexity index is 339. The lowest BCUT2D eigenvalue weighted by molar-refractivity contribution is 0.307. The van der Waals surface area contributed by atoms with Crippen molar-refractivity contribution in [2.75, 3.05) is 0 Å². The summed E-state index contributed by atoms with van der Waals surface area (Å²) in [5.41, 5.74) is 0.423. The lowest BCUT2D eigenvalue weighted by atomic mass is 9.90. The molecule has 0 aliphatic rings. The van der Waals surface area contributed by atoms with Crippen molar-refractivity contribution < 1.29 is 5.21 Å². The number of halogens is 1. The summed E-state index contributed by atoms with van der Waals surface area (Å²) in [4.78, 5) is 3.77. The van der Waals surface area contributed by atoms with Crippen molar-refractivity contribution in [3.8, 4) is 0 Å². The van der Waals surface area contributed by atoms with Crippen LogP contribution in [0, 0.1) is 5.41 Å². The van der Waals surface area contributed by atoms with Gasteiger partial charge in [0.25, 0.3) is 0 Å². The molecular weight excluding hydrogens is 204 g/mol. The van der Waals surface area contributed by atoms with Gasteiger partial charge < -0.3 is 5.21 Å². The molecule has 1 N–H and O–H groups in total. The van der Waals surface area contributed by atoms with Crippen LogP contribution in [0.15, 0.2) is 11.5 Å². The molecule has 0 radical (unpaired) electrons. The molecule has 0 aromatic carbocycles. The monoisotopic (exact) mass is 216 g/mol. The van der Waals surface area contributed by atoms with Crippen LogP contribution in [0.1, 0.15) is 20.8 Å². The predicted molar refractivity (Wildman–Crippen MR) is 53.7 cm³/mol. The summed E-state index contributed by atoms with van der Waals surface area (Å²) in [6.45, 7) is 6.27. The summed E-state index contributed by atoms with van der Waals surface area (Å²) in [6, 6.07) is 0. The average Bonchev–Trinajstić information content (AvgIpc) is 2.45. The van der Waals surface area contributed by atoms with E-state index in [1.54, 1.807) is 0 Å². The molecule has 1 heterocycles. The topological polar surface area (TPSA) is 63.3 Å². The van der Waals surface area contributed by atoms with E-state index < -0.39 is 0 Å². The van der Waals surface area contributed by atoms with Gasteiger partial charge in [-0.2, -0.15) is 0 Å². The van der Waals surface area contributed by atoms with E-state index in [4.69, 9.17) is 16.8 Å². The molecule has 0 spiro atoms. The van der Waals surface area contributed by atoms with Crippen LogP contribution in [0.2, 0.25) is 5.28 Å². The Morgan fingerprint density at radius 1 is 1.64 bits per heavy atom. The lowest BCUT2D eigenvalue weighted by Crippen LogP contribution is -2.25. The van der Waals surface area contributed by atoms with Gasteiger partial charge in [-0.3, -0.25) is 0 Å². The molecule has 78 valence electrons. The average molecular weight is 217 g/mol. The van der Waals surface area contributed by atoms with E-state index in [1.807, 2.05) is 20.8 Å². The van der Waals surface area contributed by atoms with Crippen molar-refractivity contribution in [2.45, 2.75) is 27.3 Å². The summed E-state index contributed by atoms with van der Waals surface area (Å²) in [6.07, 6.45) is 1.50. The summed E-state index contributed by atoms with van der Waals surface area (Å²) < 4.78 is 1.53. The Labute approximate surface area is 87.4 Å². The van der Waals surface area contributed by atoms with E-state index in [9.17, 15) is 0 Å². The molecule has 0 saturated heterocycles. The van der Waals surface area contributed by atoms with Gasteiger partial charge in [-0.05, 0) is 11.6 Å². The van der Waals surface area contributed by atoms with Gasteiger partial charge in [-0.15, -0.1) is 5.10 Å². The second-order valence-electron chi connectivity index (χ2n) is 4.01. The van der Waals surface area contributed by atoms with Crippen molar-refractivity contribution in [1.82, 2.24) is 14.8 Å². The van der Waals surface area contributed by atoms with Crippen molar-refractivity contribution in [3.63, 3.8) is 0 Å². The molecule has 0 unspecified atom stereocenters. The minimum Gasteiger partial charge on any atom is -0.411 e. The maximum absolute atomic E-state index is 8.82. The molecule has 1 rings (SSSR count). The highest BCUT2D eigenvalue weighted by molar-refractivity contribution is 6.28. The van der Waals surface area contributed by atoms with Crippen LogP contribution in [0.3, 0.4) is 0 Å². The van der Waals surface area contributed by atoms with Crippen LogP contribution in [0.4, 0.5) is 0 Å². The van der Waals surface area contributed by atoms with E-state index in [0.717, 1.165) is 0 Å². The zero-order valence-corrected chi connectivity index (χ0v) is 9.15. The van der Waals surface area contributed by atoms with Gasteiger partial charge in [0.05, 0.1) is 12.3 Å². The Hall–Kier alpha value is -1.10. The molecule has 0 aliphatic heterocycles. The van der Waals surface area contributed by atoms with E-state index in [-0.39, 0.29) is 10.7 Å². The van der Waals surface area contributed by atoms with Crippen LogP contribution in [-0.4, -0.2) is 25.7 Å². The highest BCUT2D eigenvalue weighted by Crippen LogP contribution is 2.17. The highest BCUT2D eigenvalue weighted by atomic mass is 35.5. The van der Waals surface area contributed by atoms with Gasteiger partial charge in [0.2, 0.25) is 5.28 Å². The predicted octanol–water partition coefficient (Wildman–Crippen LogP) is 1.81. The van der Waals surface area contributed by atoms with Gasteiger partial charge in [0.15, 0.2) is 0 Å². The Morgan fingerprint density at radius 3 is 2.64 bits per heavy atom. The number of hydrogen-bond acceptors (Lipinski definition) is 4. The quantitative estimate of drug-likeness (QED) is 0.466. The normalized spacial score (nSPS) is 13.3. The first kappa shape index (κ1) is 11.0. The molecular formula is C8H13ClN4O. The number of hydrogen-bond donors (Lipinski definition) is 1. The third-order valence-corrected chi connectivity index (χ3v) is 1.98. The van der Waals surface area contributed by atoms with Crippen molar-refractivity contribution >= 4 is 17.3 Å². The molecule has 0 atom stereocenters. The molecule has 1 aromatic heterocycles. The van der Waals surface area contributed by atoms with E-state index in [2.05, 4.69) is 15.2 Å². The first-order valence-electron chi connectivity index (χ1n) is 4.20. The van der Waals surface area contributed by atoms with Crippen molar-refractivity contribution in [2.24, 2.45) is 10.6 Å². The summed E-state index contributed by atoms with van der Waals surface area (Å²) in [7, 11) is 0.